The van der Waals surface area contributed by atoms with E-state index in [2.05, 4.69) is 6.08 Å². The van der Waals surface area contributed by atoms with Gasteiger partial charge in [-0.05, 0) is 35.9 Å². The van der Waals surface area contributed by atoms with Crippen LogP contribution in [0.3, 0.4) is 0 Å². The van der Waals surface area contributed by atoms with Crippen LogP contribution in [0.2, 0.25) is 0 Å². The van der Waals surface area contributed by atoms with Gasteiger partial charge in [0.25, 0.3) is 0 Å². The summed E-state index contributed by atoms with van der Waals surface area (Å²) in [6.45, 7) is 4.50. The number of ether oxygens (including phenoxy) is 1. The molecule has 0 fully saturated rings. The van der Waals surface area contributed by atoms with Crippen LogP contribution in [-0.4, -0.2) is 24.5 Å². The summed E-state index contributed by atoms with van der Waals surface area (Å²) < 4.78 is 5.23. The van der Waals surface area contributed by atoms with Crippen molar-refractivity contribution < 1.29 is 14.4 Å². The molecule has 1 heterocycles. The highest BCUT2D eigenvalue weighted by Crippen LogP contribution is 2.41. The molecule has 0 radical (unpaired) electrons. The Morgan fingerprint density at radius 1 is 1.08 bits per heavy atom. The molecule has 1 atom stereocenters. The summed E-state index contributed by atoms with van der Waals surface area (Å²) in [6, 6.07) is 17.3. The maximum atomic E-state index is 11.7. The fourth-order valence-corrected chi connectivity index (χ4v) is 3.02. The van der Waals surface area contributed by atoms with Crippen molar-refractivity contribution in [1.29, 1.82) is 0 Å². The molecule has 0 amide bonds. The van der Waals surface area contributed by atoms with E-state index in [0.717, 1.165) is 28.9 Å². The maximum Gasteiger partial charge on any atom is 0.145 e. The van der Waals surface area contributed by atoms with Gasteiger partial charge in [-0.1, -0.05) is 44.2 Å². The lowest BCUT2D eigenvalue weighted by atomic mass is 9.87. The van der Waals surface area contributed by atoms with E-state index in [1.807, 2.05) is 68.4 Å². The van der Waals surface area contributed by atoms with Crippen molar-refractivity contribution in [3.63, 3.8) is 0 Å². The Hall–Kier alpha value is -2.59. The average molecular weight is 337 g/mol. The molecule has 4 nitrogen and oxygen atoms in total. The van der Waals surface area contributed by atoms with Crippen LogP contribution in [0.25, 0.3) is 5.70 Å². The molecule has 0 N–H and O–H groups in total. The summed E-state index contributed by atoms with van der Waals surface area (Å²) in [5, 5.41) is 1.74. The lowest BCUT2D eigenvalue weighted by molar-refractivity contribution is -0.161. The largest absolute Gasteiger partial charge is 0.497 e. The van der Waals surface area contributed by atoms with Crippen LogP contribution in [0.4, 0.5) is 0 Å². The van der Waals surface area contributed by atoms with E-state index >= 15 is 0 Å². The second kappa shape index (κ2) is 7.11. The predicted molar refractivity (Wildman–Crippen MR) is 97.7 cm³/mol. The Balaban J connectivity index is 1.87. The molecule has 0 spiro atoms. The van der Waals surface area contributed by atoms with Gasteiger partial charge in [-0.2, -0.15) is 0 Å². The lowest BCUT2D eigenvalue weighted by Gasteiger charge is -2.30. The van der Waals surface area contributed by atoms with Crippen molar-refractivity contribution >= 4 is 12.0 Å². The second-order valence-electron chi connectivity index (χ2n) is 6.75. The van der Waals surface area contributed by atoms with Gasteiger partial charge in [0.1, 0.15) is 18.1 Å². The highest BCUT2D eigenvalue weighted by Gasteiger charge is 2.41. The topological polar surface area (TPSA) is 38.8 Å². The number of methoxy groups -OCH3 is 1. The molecular formula is C21H23NO3. The van der Waals surface area contributed by atoms with Crippen molar-refractivity contribution in [1.82, 2.24) is 5.06 Å². The Morgan fingerprint density at radius 3 is 2.36 bits per heavy atom. The first-order chi connectivity index (χ1) is 12.0. The zero-order valence-electron chi connectivity index (χ0n) is 14.8. The van der Waals surface area contributed by atoms with Crippen molar-refractivity contribution in [2.45, 2.75) is 26.5 Å². The molecule has 0 aliphatic carbocycles. The molecule has 0 aromatic heterocycles. The summed E-state index contributed by atoms with van der Waals surface area (Å²) in [4.78, 5) is 17.8. The minimum absolute atomic E-state index is 0.312. The normalized spacial score (nSPS) is 18.8. The molecule has 1 unspecified atom stereocenters. The molecule has 1 aliphatic heterocycles. The number of aldehydes is 1. The molecule has 2 aromatic carbocycles. The summed E-state index contributed by atoms with van der Waals surface area (Å²) in [5.74, 6) is 0.797. The average Bonchev–Trinajstić information content (AvgIpc) is 2.90. The molecular weight excluding hydrogens is 314 g/mol. The van der Waals surface area contributed by atoms with Crippen LogP contribution in [0, 0.1) is 5.41 Å². The monoisotopic (exact) mass is 337 g/mol. The van der Waals surface area contributed by atoms with Gasteiger partial charge < -0.3 is 9.53 Å². The van der Waals surface area contributed by atoms with Crippen LogP contribution in [0.1, 0.15) is 25.0 Å². The van der Waals surface area contributed by atoms with E-state index < -0.39 is 0 Å². The van der Waals surface area contributed by atoms with Crippen LogP contribution in [0.5, 0.6) is 5.75 Å². The first kappa shape index (κ1) is 17.2. The predicted octanol–water partition coefficient (Wildman–Crippen LogP) is 4.08. The van der Waals surface area contributed by atoms with Crippen molar-refractivity contribution in [2.75, 3.05) is 7.11 Å². The van der Waals surface area contributed by atoms with Gasteiger partial charge in [0.05, 0.1) is 19.4 Å². The Morgan fingerprint density at radius 2 is 1.76 bits per heavy atom. The first-order valence-corrected chi connectivity index (χ1v) is 8.34. The number of carbonyl (C=O) groups is 1. The molecule has 4 heteroatoms. The van der Waals surface area contributed by atoms with Crippen LogP contribution < -0.4 is 4.74 Å². The van der Waals surface area contributed by atoms with Crippen molar-refractivity contribution in [3.8, 4) is 5.75 Å². The smallest absolute Gasteiger partial charge is 0.145 e. The molecule has 130 valence electrons. The number of rotatable bonds is 6. The number of benzene rings is 2. The molecule has 0 bridgehead atoms. The van der Waals surface area contributed by atoms with Gasteiger partial charge in [0.2, 0.25) is 0 Å². The highest BCUT2D eigenvalue weighted by atomic mass is 16.7. The molecule has 0 saturated carbocycles. The zero-order valence-corrected chi connectivity index (χ0v) is 14.8. The fourth-order valence-electron chi connectivity index (χ4n) is 3.02. The number of hydroxylamine groups is 2. The minimum Gasteiger partial charge on any atom is -0.497 e. The standard InChI is InChI=1S/C21H23NO3/c1-21(2)13-19(17-9-11-18(24-3)12-10-17)22(20(21)14-23)25-15-16-7-5-4-6-8-16/h4-14,20H,15H2,1-3H3. The lowest BCUT2D eigenvalue weighted by Crippen LogP contribution is -2.39. The van der Waals surface area contributed by atoms with E-state index in [0.29, 0.717) is 6.61 Å². The van der Waals surface area contributed by atoms with Crippen LogP contribution in [-0.2, 0) is 16.2 Å². The molecule has 2 aromatic rings. The maximum absolute atomic E-state index is 11.7. The number of nitrogens with zero attached hydrogens (tertiary/aromatic N) is 1. The van der Waals surface area contributed by atoms with Gasteiger partial charge >= 0.3 is 0 Å². The van der Waals surface area contributed by atoms with E-state index in [1.165, 1.54) is 0 Å². The third-order valence-electron chi connectivity index (χ3n) is 4.49. The van der Waals surface area contributed by atoms with Gasteiger partial charge in [-0.25, -0.2) is 5.06 Å². The summed E-state index contributed by atoms with van der Waals surface area (Å²) in [5.41, 5.74) is 2.64. The second-order valence-corrected chi connectivity index (χ2v) is 6.75. The highest BCUT2D eigenvalue weighted by molar-refractivity contribution is 5.74. The first-order valence-electron chi connectivity index (χ1n) is 8.34. The Bertz CT molecular complexity index is 750. The third-order valence-corrected chi connectivity index (χ3v) is 4.49. The SMILES string of the molecule is COc1ccc(C2=CC(C)(C)C(C=O)N2OCc2ccccc2)cc1. The molecule has 1 aliphatic rings. The number of hydrogen-bond acceptors (Lipinski definition) is 4. The number of carbonyl (C=O) groups excluding carboxylic acids is 1. The minimum atomic E-state index is -0.367. The van der Waals surface area contributed by atoms with E-state index in [-0.39, 0.29) is 11.5 Å². The van der Waals surface area contributed by atoms with Crippen molar-refractivity contribution in [2.24, 2.45) is 5.41 Å². The molecule has 25 heavy (non-hydrogen) atoms. The fraction of sp³-hybridized carbons (Fsp3) is 0.286. The van der Waals surface area contributed by atoms with E-state index in [9.17, 15) is 4.79 Å². The zero-order chi connectivity index (χ0) is 17.9. The summed E-state index contributed by atoms with van der Waals surface area (Å²) in [7, 11) is 1.64. The summed E-state index contributed by atoms with van der Waals surface area (Å²) in [6.07, 6.45) is 3.05. The number of hydrogen-bond donors (Lipinski definition) is 0. The van der Waals surface area contributed by atoms with Crippen LogP contribution >= 0.6 is 0 Å². The van der Waals surface area contributed by atoms with Crippen molar-refractivity contribution in [3.05, 3.63) is 71.8 Å². The Kier molecular flexibility index (Phi) is 4.91. The van der Waals surface area contributed by atoms with E-state index in [1.54, 1.807) is 12.2 Å². The molecule has 0 saturated heterocycles. The van der Waals surface area contributed by atoms with Gasteiger partial charge in [-0.15, -0.1) is 0 Å². The summed E-state index contributed by atoms with van der Waals surface area (Å²) >= 11 is 0. The molecule has 3 rings (SSSR count). The Labute approximate surface area is 148 Å². The van der Waals surface area contributed by atoms with Gasteiger partial charge in [-0.3, -0.25) is 4.84 Å². The quantitative estimate of drug-likeness (QED) is 0.745. The van der Waals surface area contributed by atoms with Crippen LogP contribution in [0.15, 0.2) is 60.7 Å². The van der Waals surface area contributed by atoms with Gasteiger partial charge in [0, 0.05) is 11.0 Å². The van der Waals surface area contributed by atoms with E-state index in [4.69, 9.17) is 9.57 Å². The third kappa shape index (κ3) is 3.59. The van der Waals surface area contributed by atoms with Gasteiger partial charge in [0.15, 0.2) is 0 Å².